The van der Waals surface area contributed by atoms with Gasteiger partial charge < -0.3 is 10.2 Å². The molecule has 0 unspecified atom stereocenters. The van der Waals surface area contributed by atoms with E-state index < -0.39 is 56.9 Å². The van der Waals surface area contributed by atoms with Gasteiger partial charge in [0.25, 0.3) is 0 Å². The minimum Gasteiger partial charge on any atom is -0.354 e. The lowest BCUT2D eigenvalue weighted by molar-refractivity contribution is -0.140. The number of nitrogens with one attached hydrogen (secondary N) is 1. The Hall–Kier alpha value is -2.99. The van der Waals surface area contributed by atoms with Gasteiger partial charge in [0.05, 0.1) is 22.5 Å². The van der Waals surface area contributed by atoms with Crippen molar-refractivity contribution in [3.8, 4) is 0 Å². The number of alkyl halides is 3. The molecule has 1 atom stereocenters. The highest BCUT2D eigenvalue weighted by Gasteiger charge is 2.36. The van der Waals surface area contributed by atoms with E-state index >= 15 is 0 Å². The van der Waals surface area contributed by atoms with Gasteiger partial charge in [-0.15, -0.1) is 0 Å². The summed E-state index contributed by atoms with van der Waals surface area (Å²) in [4.78, 5) is 28.9. The van der Waals surface area contributed by atoms with Crippen LogP contribution in [0.4, 0.5) is 18.9 Å². The lowest BCUT2D eigenvalue weighted by atomic mass is 10.0. The number of carbonyl (C=O) groups excluding carboxylic acids is 2. The van der Waals surface area contributed by atoms with E-state index in [1.165, 1.54) is 0 Å². The maximum atomic E-state index is 14.1. The number of anilines is 1. The topological polar surface area (TPSA) is 86.8 Å². The van der Waals surface area contributed by atoms with Gasteiger partial charge in [-0.1, -0.05) is 84.5 Å². The fraction of sp³-hybridized carbons (Fsp3) is 0.333. The molecule has 14 heteroatoms. The Morgan fingerprint density at radius 2 is 1.57 bits per heavy atom. The van der Waals surface area contributed by atoms with Crippen LogP contribution in [-0.4, -0.2) is 50.5 Å². The van der Waals surface area contributed by atoms with E-state index in [-0.39, 0.29) is 23.0 Å². The molecule has 0 saturated carbocycles. The molecule has 0 aliphatic carbocycles. The highest BCUT2D eigenvalue weighted by molar-refractivity contribution is 7.92. The molecule has 7 nitrogen and oxygen atoms in total. The van der Waals surface area contributed by atoms with Crippen LogP contribution in [0.3, 0.4) is 0 Å². The molecule has 3 rings (SSSR count). The van der Waals surface area contributed by atoms with E-state index in [2.05, 4.69) is 5.32 Å². The van der Waals surface area contributed by atoms with Crippen LogP contribution in [0.15, 0.2) is 66.7 Å². The van der Waals surface area contributed by atoms with Gasteiger partial charge in [0.2, 0.25) is 21.8 Å². The standard InChI is InChI=1S/C30H31Cl3F3N3O4S/c1-3-4-15-37-29(41)27(16-20-9-6-5-7-10-20)38(18-22-24(31)11-8-12-25(22)32)28(40)19-39(44(2,42)43)21-13-14-26(33)23(17-21)30(34,35)36/h5-14,17,27H,3-4,15-16,18-19H2,1-2H3,(H,37,41)/t27-/m0/s1. The van der Waals surface area contributed by atoms with Crippen molar-refractivity contribution in [1.29, 1.82) is 0 Å². The van der Waals surface area contributed by atoms with Gasteiger partial charge in [0, 0.05) is 35.1 Å². The minimum absolute atomic E-state index is 0.0463. The van der Waals surface area contributed by atoms with Gasteiger partial charge in [-0.25, -0.2) is 8.42 Å². The van der Waals surface area contributed by atoms with Crippen LogP contribution in [-0.2, 0) is 38.8 Å². The second-order valence-electron chi connectivity index (χ2n) is 10.0. The molecule has 0 bridgehead atoms. The molecule has 44 heavy (non-hydrogen) atoms. The molecule has 1 N–H and O–H groups in total. The van der Waals surface area contributed by atoms with Gasteiger partial charge in [0.1, 0.15) is 12.6 Å². The first-order valence-corrected chi connectivity index (χ1v) is 16.5. The number of halogens is 6. The van der Waals surface area contributed by atoms with Crippen LogP contribution in [0.1, 0.15) is 36.5 Å². The number of carbonyl (C=O) groups is 2. The Kier molecular flexibility index (Phi) is 12.4. The smallest absolute Gasteiger partial charge is 0.354 e. The van der Waals surface area contributed by atoms with Crippen molar-refractivity contribution in [2.24, 2.45) is 0 Å². The predicted molar refractivity (Wildman–Crippen MR) is 168 cm³/mol. The SMILES string of the molecule is CCCCNC(=O)[C@H](Cc1ccccc1)N(Cc1c(Cl)cccc1Cl)C(=O)CN(c1ccc(Cl)c(C(F)(F)F)c1)S(C)(=O)=O. The zero-order valence-electron chi connectivity index (χ0n) is 23.9. The van der Waals surface area contributed by atoms with Crippen molar-refractivity contribution < 1.29 is 31.2 Å². The monoisotopic (exact) mass is 691 g/mol. The minimum atomic E-state index is -4.88. The number of benzene rings is 3. The number of hydrogen-bond donors (Lipinski definition) is 1. The van der Waals surface area contributed by atoms with Gasteiger partial charge in [-0.2, -0.15) is 13.2 Å². The molecule has 0 saturated heterocycles. The number of hydrogen-bond acceptors (Lipinski definition) is 4. The van der Waals surface area contributed by atoms with Gasteiger partial charge in [0.15, 0.2) is 0 Å². The molecule has 0 spiro atoms. The number of nitrogens with zero attached hydrogens (tertiary/aromatic N) is 2. The quantitative estimate of drug-likeness (QED) is 0.196. The summed E-state index contributed by atoms with van der Waals surface area (Å²) in [6, 6.07) is 14.9. The number of sulfonamides is 1. The molecule has 238 valence electrons. The van der Waals surface area contributed by atoms with Gasteiger partial charge in [-0.05, 0) is 42.3 Å². The van der Waals surface area contributed by atoms with E-state index in [1.54, 1.807) is 48.5 Å². The Balaban J connectivity index is 2.13. The van der Waals surface area contributed by atoms with Crippen LogP contribution < -0.4 is 9.62 Å². The molecule has 0 aromatic heterocycles. The Morgan fingerprint density at radius 3 is 2.14 bits per heavy atom. The zero-order chi connectivity index (χ0) is 32.7. The molecule has 0 radical (unpaired) electrons. The molecule has 0 aliphatic rings. The molecular weight excluding hydrogens is 662 g/mol. The first-order chi connectivity index (χ1) is 20.6. The van der Waals surface area contributed by atoms with Gasteiger partial charge >= 0.3 is 6.18 Å². The van der Waals surface area contributed by atoms with Crippen LogP contribution >= 0.6 is 34.8 Å². The highest BCUT2D eigenvalue weighted by Crippen LogP contribution is 2.37. The van der Waals surface area contributed by atoms with Crippen LogP contribution in [0.5, 0.6) is 0 Å². The molecular formula is C30H31Cl3F3N3O4S. The first-order valence-electron chi connectivity index (χ1n) is 13.5. The zero-order valence-corrected chi connectivity index (χ0v) is 27.0. The maximum Gasteiger partial charge on any atom is 0.417 e. The Morgan fingerprint density at radius 1 is 0.932 bits per heavy atom. The average Bonchev–Trinajstić information content (AvgIpc) is 2.94. The summed E-state index contributed by atoms with van der Waals surface area (Å²) in [6.07, 6.45) is -2.61. The summed E-state index contributed by atoms with van der Waals surface area (Å²) in [5, 5.41) is 2.60. The molecule has 3 aromatic carbocycles. The number of unbranched alkanes of at least 4 members (excludes halogenated alkanes) is 1. The summed E-state index contributed by atoms with van der Waals surface area (Å²) in [6.45, 7) is 1.06. The van der Waals surface area contributed by atoms with Crippen molar-refractivity contribution in [2.45, 2.75) is 44.9 Å². The average molecular weight is 693 g/mol. The molecule has 0 heterocycles. The first kappa shape index (κ1) is 35.5. The Bertz CT molecular complexity index is 1550. The third-order valence-electron chi connectivity index (χ3n) is 6.71. The van der Waals surface area contributed by atoms with Crippen molar-refractivity contribution in [3.05, 3.63) is 98.5 Å². The molecule has 3 aromatic rings. The van der Waals surface area contributed by atoms with Crippen LogP contribution in [0.25, 0.3) is 0 Å². The summed E-state index contributed by atoms with van der Waals surface area (Å²) in [7, 11) is -4.31. The largest absolute Gasteiger partial charge is 0.417 e. The number of rotatable bonds is 13. The van der Waals surface area contributed by atoms with Crippen molar-refractivity contribution >= 4 is 62.3 Å². The van der Waals surface area contributed by atoms with Crippen LogP contribution in [0, 0.1) is 0 Å². The van der Waals surface area contributed by atoms with E-state index in [1.807, 2.05) is 6.92 Å². The van der Waals surface area contributed by atoms with Crippen molar-refractivity contribution in [3.63, 3.8) is 0 Å². The number of amides is 2. The van der Waals surface area contributed by atoms with Crippen molar-refractivity contribution in [2.75, 3.05) is 23.7 Å². The fourth-order valence-corrected chi connectivity index (χ4v) is 6.00. The van der Waals surface area contributed by atoms with E-state index in [4.69, 9.17) is 34.8 Å². The summed E-state index contributed by atoms with van der Waals surface area (Å²) in [5.41, 5.74) is -0.686. The normalized spacial score (nSPS) is 12.5. The van der Waals surface area contributed by atoms with E-state index in [0.717, 1.165) is 29.7 Å². The van der Waals surface area contributed by atoms with Crippen LogP contribution in [0.2, 0.25) is 15.1 Å². The lowest BCUT2D eigenvalue weighted by Gasteiger charge is -2.34. The molecule has 2 amide bonds. The predicted octanol–water partition coefficient (Wildman–Crippen LogP) is 6.99. The van der Waals surface area contributed by atoms with E-state index in [0.29, 0.717) is 34.5 Å². The highest BCUT2D eigenvalue weighted by atomic mass is 35.5. The maximum absolute atomic E-state index is 14.1. The van der Waals surface area contributed by atoms with Crippen molar-refractivity contribution in [1.82, 2.24) is 10.2 Å². The molecule has 0 aliphatic heterocycles. The lowest BCUT2D eigenvalue weighted by Crippen LogP contribution is -2.53. The summed E-state index contributed by atoms with van der Waals surface area (Å²) in [5.74, 6) is -1.38. The summed E-state index contributed by atoms with van der Waals surface area (Å²) >= 11 is 18.6. The second kappa shape index (κ2) is 15.3. The fourth-order valence-electron chi connectivity index (χ4n) is 4.41. The second-order valence-corrected chi connectivity index (χ2v) is 13.1. The Labute approximate surface area is 269 Å². The summed E-state index contributed by atoms with van der Waals surface area (Å²) < 4.78 is 67.2. The van der Waals surface area contributed by atoms with E-state index in [9.17, 15) is 31.2 Å². The third kappa shape index (κ3) is 9.50. The molecule has 0 fully saturated rings. The van der Waals surface area contributed by atoms with Gasteiger partial charge in [-0.3, -0.25) is 13.9 Å². The third-order valence-corrected chi connectivity index (χ3v) is 8.89.